The monoisotopic (exact) mass is 391 g/mol. The molecule has 5 heterocycles. The summed E-state index contributed by atoms with van der Waals surface area (Å²) in [5.74, 6) is 1.29. The molecule has 0 spiro atoms. The number of rotatable bonds is 4. The Morgan fingerprint density at radius 3 is 2.76 bits per heavy atom. The molecule has 29 heavy (non-hydrogen) atoms. The number of imidazole rings is 1. The van der Waals surface area contributed by atoms with Crippen LogP contribution >= 0.6 is 0 Å². The molecule has 0 aliphatic carbocycles. The zero-order valence-corrected chi connectivity index (χ0v) is 16.5. The lowest BCUT2D eigenvalue weighted by molar-refractivity contribution is 0.623. The van der Waals surface area contributed by atoms with Gasteiger partial charge in [0.15, 0.2) is 5.65 Å². The maximum Gasteiger partial charge on any atom is 0.160 e. The van der Waals surface area contributed by atoms with Gasteiger partial charge in [-0.25, -0.2) is 19.3 Å². The van der Waals surface area contributed by atoms with Crippen molar-refractivity contribution in [3.8, 4) is 11.4 Å². The van der Waals surface area contributed by atoms with Crippen LogP contribution in [-0.4, -0.2) is 41.9 Å². The Hall–Kier alpha value is -3.29. The van der Waals surface area contributed by atoms with E-state index in [2.05, 4.69) is 31.9 Å². The number of fused-ring (bicyclic) bond motifs is 1. The van der Waals surface area contributed by atoms with Crippen molar-refractivity contribution in [2.45, 2.75) is 32.4 Å². The third-order valence-corrected chi connectivity index (χ3v) is 5.49. The van der Waals surface area contributed by atoms with E-state index in [1.807, 2.05) is 42.2 Å². The SMILES string of the molecule is CC1CCCN1c1ccc(-c2nc3cc(F)cnc3n2Cc2ccn(C)n2)cn1. The van der Waals surface area contributed by atoms with Crippen LogP contribution in [0.1, 0.15) is 25.5 Å². The minimum absolute atomic E-state index is 0.400. The zero-order chi connectivity index (χ0) is 20.0. The van der Waals surface area contributed by atoms with E-state index in [1.165, 1.54) is 25.1 Å². The summed E-state index contributed by atoms with van der Waals surface area (Å²) >= 11 is 0. The normalized spacial score (nSPS) is 16.8. The second kappa shape index (κ2) is 6.95. The molecule has 7 nitrogen and oxygen atoms in total. The molecule has 4 aromatic rings. The van der Waals surface area contributed by atoms with Gasteiger partial charge in [-0.2, -0.15) is 5.10 Å². The molecule has 1 fully saturated rings. The van der Waals surface area contributed by atoms with E-state index < -0.39 is 5.82 Å². The molecule has 1 aliphatic heterocycles. The van der Waals surface area contributed by atoms with Gasteiger partial charge in [0.25, 0.3) is 0 Å². The molecule has 1 saturated heterocycles. The van der Waals surface area contributed by atoms with Gasteiger partial charge in [-0.3, -0.25) is 4.68 Å². The topological polar surface area (TPSA) is 64.7 Å². The highest BCUT2D eigenvalue weighted by Gasteiger charge is 2.22. The molecular weight excluding hydrogens is 369 g/mol. The van der Waals surface area contributed by atoms with Crippen LogP contribution in [0.5, 0.6) is 0 Å². The second-order valence-corrected chi connectivity index (χ2v) is 7.59. The van der Waals surface area contributed by atoms with Crippen LogP contribution in [0.15, 0.2) is 42.9 Å². The van der Waals surface area contributed by atoms with Crippen molar-refractivity contribution >= 4 is 17.0 Å². The van der Waals surface area contributed by atoms with Crippen LogP contribution in [-0.2, 0) is 13.6 Å². The summed E-state index contributed by atoms with van der Waals surface area (Å²) in [6.07, 6.45) is 7.35. The molecule has 0 N–H and O–H groups in total. The van der Waals surface area contributed by atoms with Crippen LogP contribution < -0.4 is 4.90 Å². The Labute approximate surface area is 167 Å². The van der Waals surface area contributed by atoms with Gasteiger partial charge < -0.3 is 9.47 Å². The van der Waals surface area contributed by atoms with Gasteiger partial charge in [-0.15, -0.1) is 0 Å². The van der Waals surface area contributed by atoms with Crippen molar-refractivity contribution in [1.29, 1.82) is 0 Å². The lowest BCUT2D eigenvalue weighted by Gasteiger charge is -2.22. The quantitative estimate of drug-likeness (QED) is 0.533. The van der Waals surface area contributed by atoms with Gasteiger partial charge in [0, 0.05) is 43.7 Å². The lowest BCUT2D eigenvalue weighted by Crippen LogP contribution is -2.26. The summed E-state index contributed by atoms with van der Waals surface area (Å²) in [7, 11) is 1.88. The van der Waals surface area contributed by atoms with E-state index in [-0.39, 0.29) is 0 Å². The number of hydrogen-bond donors (Lipinski definition) is 0. The first-order chi connectivity index (χ1) is 14.1. The average Bonchev–Trinajstić information content (AvgIpc) is 3.41. The highest BCUT2D eigenvalue weighted by Crippen LogP contribution is 2.28. The third kappa shape index (κ3) is 3.24. The van der Waals surface area contributed by atoms with E-state index in [0.717, 1.165) is 23.6 Å². The first-order valence-corrected chi connectivity index (χ1v) is 9.82. The molecule has 0 aromatic carbocycles. The van der Waals surface area contributed by atoms with Gasteiger partial charge in [-0.05, 0) is 38.0 Å². The van der Waals surface area contributed by atoms with E-state index in [1.54, 1.807) is 4.68 Å². The molecule has 148 valence electrons. The van der Waals surface area contributed by atoms with Gasteiger partial charge in [-0.1, -0.05) is 0 Å². The number of nitrogens with zero attached hydrogens (tertiary/aromatic N) is 7. The van der Waals surface area contributed by atoms with E-state index in [0.29, 0.717) is 29.6 Å². The molecule has 0 bridgehead atoms. The van der Waals surface area contributed by atoms with Crippen molar-refractivity contribution in [3.63, 3.8) is 0 Å². The number of halogens is 1. The average molecular weight is 391 g/mol. The van der Waals surface area contributed by atoms with Crippen LogP contribution in [0.3, 0.4) is 0 Å². The Balaban J connectivity index is 1.57. The van der Waals surface area contributed by atoms with Crippen molar-refractivity contribution in [2.24, 2.45) is 7.05 Å². The highest BCUT2D eigenvalue weighted by molar-refractivity contribution is 5.77. The summed E-state index contributed by atoms with van der Waals surface area (Å²) in [5.41, 5.74) is 2.90. The summed E-state index contributed by atoms with van der Waals surface area (Å²) in [5, 5.41) is 4.46. The standard InChI is InChI=1S/C21H22FN7/c1-14-4-3-8-28(14)19-6-5-15(11-23-19)20-25-18-10-16(22)12-24-21(18)29(20)13-17-7-9-27(2)26-17/h5-7,9-12,14H,3-4,8,13H2,1-2H3. The Morgan fingerprint density at radius 1 is 1.17 bits per heavy atom. The molecule has 8 heteroatoms. The first-order valence-electron chi connectivity index (χ1n) is 9.82. The summed E-state index contributed by atoms with van der Waals surface area (Å²) in [4.78, 5) is 16.0. The fourth-order valence-electron chi connectivity index (χ4n) is 4.03. The second-order valence-electron chi connectivity index (χ2n) is 7.59. The fraction of sp³-hybridized carbons (Fsp3) is 0.333. The van der Waals surface area contributed by atoms with Crippen molar-refractivity contribution in [2.75, 3.05) is 11.4 Å². The van der Waals surface area contributed by atoms with Crippen LogP contribution in [0.2, 0.25) is 0 Å². The van der Waals surface area contributed by atoms with Crippen LogP contribution in [0, 0.1) is 5.82 Å². The number of hydrogen-bond acceptors (Lipinski definition) is 5. The molecule has 5 rings (SSSR count). The van der Waals surface area contributed by atoms with E-state index in [9.17, 15) is 4.39 Å². The van der Waals surface area contributed by atoms with E-state index in [4.69, 9.17) is 0 Å². The predicted octanol–water partition coefficient (Wildman–Crippen LogP) is 3.40. The highest BCUT2D eigenvalue weighted by atomic mass is 19.1. The van der Waals surface area contributed by atoms with Crippen molar-refractivity contribution in [3.05, 3.63) is 54.4 Å². The van der Waals surface area contributed by atoms with Gasteiger partial charge >= 0.3 is 0 Å². The van der Waals surface area contributed by atoms with Crippen molar-refractivity contribution in [1.82, 2.24) is 29.3 Å². The zero-order valence-electron chi connectivity index (χ0n) is 16.5. The van der Waals surface area contributed by atoms with Crippen molar-refractivity contribution < 1.29 is 4.39 Å². The number of aryl methyl sites for hydroxylation is 1. The fourth-order valence-corrected chi connectivity index (χ4v) is 4.03. The first kappa shape index (κ1) is 17.8. The number of pyridine rings is 2. The van der Waals surface area contributed by atoms with Gasteiger partial charge in [0.05, 0.1) is 18.4 Å². The molecule has 0 saturated carbocycles. The largest absolute Gasteiger partial charge is 0.354 e. The Kier molecular flexibility index (Phi) is 4.26. The molecule has 0 radical (unpaired) electrons. The minimum Gasteiger partial charge on any atom is -0.354 e. The molecule has 1 unspecified atom stereocenters. The molecular formula is C21H22FN7. The smallest absolute Gasteiger partial charge is 0.160 e. The third-order valence-electron chi connectivity index (χ3n) is 5.49. The summed E-state index contributed by atoms with van der Waals surface area (Å²) in [6, 6.07) is 7.94. The maximum absolute atomic E-state index is 13.7. The Bertz CT molecular complexity index is 1160. The summed E-state index contributed by atoms with van der Waals surface area (Å²) < 4.78 is 17.5. The van der Waals surface area contributed by atoms with Gasteiger partial charge in [0.2, 0.25) is 0 Å². The molecule has 0 amide bonds. The Morgan fingerprint density at radius 2 is 2.07 bits per heavy atom. The van der Waals surface area contributed by atoms with Crippen LogP contribution in [0.4, 0.5) is 10.2 Å². The molecule has 4 aromatic heterocycles. The predicted molar refractivity (Wildman–Crippen MR) is 109 cm³/mol. The maximum atomic E-state index is 13.7. The summed E-state index contributed by atoms with van der Waals surface area (Å²) in [6.45, 7) is 3.76. The molecule has 1 atom stereocenters. The van der Waals surface area contributed by atoms with Gasteiger partial charge in [0.1, 0.15) is 23.0 Å². The number of aromatic nitrogens is 6. The minimum atomic E-state index is -0.400. The molecule has 1 aliphatic rings. The lowest BCUT2D eigenvalue weighted by atomic mass is 10.2. The van der Waals surface area contributed by atoms with E-state index >= 15 is 0 Å². The number of anilines is 1. The van der Waals surface area contributed by atoms with Crippen LogP contribution in [0.25, 0.3) is 22.6 Å².